The van der Waals surface area contributed by atoms with Crippen LogP contribution in [0.1, 0.15) is 32.0 Å². The molecule has 17 heteroatoms. The van der Waals surface area contributed by atoms with Crippen LogP contribution in [0.4, 0.5) is 32.0 Å². The highest BCUT2D eigenvalue weighted by atomic mass is 35.5. The number of rotatable bonds is 9. The van der Waals surface area contributed by atoms with Gasteiger partial charge in [0, 0.05) is 57.3 Å². The SMILES string of the molecule is Cl.Cn1c(C(=O)N2CCN(Cc3ccc(OCC(F)(F)F)cc3)CC2)cc2ccc(Oc3ccc(NC(=O)c4ccc(C(F)(F)F)cc4Cl)cn3)cc21. The standard InChI is InChI=1S/C36H30ClF6N5O4.ClH/c1-46-30-18-27(52-32-11-6-25(19-44-32)45-33(49)28-10-5-24(17-29(28)37)36(41,42)43)9-4-23(30)16-31(46)34(50)48-14-12-47(13-15-48)20-22-2-7-26(8-3-22)51-21-35(38,39)40;/h2-11,16-19H,12-15,20-21H2,1H3,(H,45,49);1H. The van der Waals surface area contributed by atoms with E-state index in [0.29, 0.717) is 50.2 Å². The second-order valence-corrected chi connectivity index (χ2v) is 12.5. The Labute approximate surface area is 310 Å². The van der Waals surface area contributed by atoms with Crippen molar-refractivity contribution in [1.82, 2.24) is 19.4 Å². The van der Waals surface area contributed by atoms with E-state index in [2.05, 4.69) is 15.2 Å². The molecule has 3 heterocycles. The number of carbonyl (C=O) groups is 2. The monoisotopic (exact) mass is 781 g/mol. The summed E-state index contributed by atoms with van der Waals surface area (Å²) in [5.41, 5.74) is 1.34. The lowest BCUT2D eigenvalue weighted by molar-refractivity contribution is -0.153. The molecule has 0 saturated carbocycles. The van der Waals surface area contributed by atoms with Crippen LogP contribution in [0, 0.1) is 0 Å². The molecule has 1 saturated heterocycles. The number of aromatic nitrogens is 2. The first kappa shape index (κ1) is 39.2. The molecule has 1 fully saturated rings. The zero-order valence-electron chi connectivity index (χ0n) is 27.8. The van der Waals surface area contributed by atoms with E-state index in [9.17, 15) is 35.9 Å². The molecular formula is C36H31Cl2F6N5O4. The molecule has 3 aromatic carbocycles. The summed E-state index contributed by atoms with van der Waals surface area (Å²) in [6.45, 7) is 1.49. The number of aryl methyl sites for hydroxylation is 1. The van der Waals surface area contributed by atoms with Gasteiger partial charge in [0.1, 0.15) is 17.2 Å². The number of pyridine rings is 1. The van der Waals surface area contributed by atoms with Crippen molar-refractivity contribution in [1.29, 1.82) is 0 Å². The van der Waals surface area contributed by atoms with Crippen molar-refractivity contribution < 1.29 is 45.4 Å². The van der Waals surface area contributed by atoms with Crippen LogP contribution >= 0.6 is 24.0 Å². The molecular weight excluding hydrogens is 751 g/mol. The van der Waals surface area contributed by atoms with Gasteiger partial charge in [-0.05, 0) is 60.2 Å². The Kier molecular flexibility index (Phi) is 11.8. The molecule has 2 aromatic heterocycles. The Balaban J connectivity index is 0.00000541. The Bertz CT molecular complexity index is 2080. The quantitative estimate of drug-likeness (QED) is 0.151. The average Bonchev–Trinajstić information content (AvgIpc) is 3.43. The molecule has 53 heavy (non-hydrogen) atoms. The third kappa shape index (κ3) is 9.72. The lowest BCUT2D eigenvalue weighted by Crippen LogP contribution is -2.48. The highest BCUT2D eigenvalue weighted by molar-refractivity contribution is 6.34. The predicted molar refractivity (Wildman–Crippen MR) is 188 cm³/mol. The van der Waals surface area contributed by atoms with Crippen LogP contribution in [0.25, 0.3) is 10.9 Å². The summed E-state index contributed by atoms with van der Waals surface area (Å²) in [7, 11) is 1.79. The molecule has 0 unspecified atom stereocenters. The topological polar surface area (TPSA) is 88.9 Å². The third-order valence-electron chi connectivity index (χ3n) is 8.39. The van der Waals surface area contributed by atoms with Gasteiger partial charge in [-0.3, -0.25) is 14.5 Å². The zero-order valence-corrected chi connectivity index (χ0v) is 29.4. The van der Waals surface area contributed by atoms with Crippen LogP contribution < -0.4 is 14.8 Å². The molecule has 2 amide bonds. The maximum absolute atomic E-state index is 13.5. The molecule has 0 bridgehead atoms. The number of halogens is 8. The second-order valence-electron chi connectivity index (χ2n) is 12.1. The van der Waals surface area contributed by atoms with Crippen LogP contribution in [-0.2, 0) is 19.8 Å². The predicted octanol–water partition coefficient (Wildman–Crippen LogP) is 8.61. The minimum Gasteiger partial charge on any atom is -0.484 e. The highest BCUT2D eigenvalue weighted by Gasteiger charge is 2.32. The Morgan fingerprint density at radius 2 is 1.57 bits per heavy atom. The van der Waals surface area contributed by atoms with Crippen molar-refractivity contribution in [3.8, 4) is 17.4 Å². The smallest absolute Gasteiger partial charge is 0.422 e. The number of amides is 2. The molecule has 0 atom stereocenters. The van der Waals surface area contributed by atoms with Crippen molar-refractivity contribution >= 4 is 52.4 Å². The fourth-order valence-corrected chi connectivity index (χ4v) is 5.94. The van der Waals surface area contributed by atoms with Gasteiger partial charge >= 0.3 is 12.4 Å². The maximum atomic E-state index is 13.5. The second kappa shape index (κ2) is 15.9. The van der Waals surface area contributed by atoms with Crippen molar-refractivity contribution in [2.45, 2.75) is 18.9 Å². The molecule has 1 N–H and O–H groups in total. The number of nitrogens with zero attached hydrogens (tertiary/aromatic N) is 4. The summed E-state index contributed by atoms with van der Waals surface area (Å²) in [4.78, 5) is 34.3. The lowest BCUT2D eigenvalue weighted by atomic mass is 10.1. The van der Waals surface area contributed by atoms with Gasteiger partial charge in [0.05, 0.1) is 33.6 Å². The summed E-state index contributed by atoms with van der Waals surface area (Å²) in [6.07, 6.45) is -7.66. The van der Waals surface area contributed by atoms with Crippen LogP contribution in [0.3, 0.4) is 0 Å². The average molecular weight is 783 g/mol. The van der Waals surface area contributed by atoms with Crippen molar-refractivity contribution in [3.63, 3.8) is 0 Å². The fourth-order valence-electron chi connectivity index (χ4n) is 5.67. The van der Waals surface area contributed by atoms with Crippen molar-refractivity contribution in [2.75, 3.05) is 38.1 Å². The molecule has 6 rings (SSSR count). The molecule has 9 nitrogen and oxygen atoms in total. The number of anilines is 1. The molecule has 0 spiro atoms. The van der Waals surface area contributed by atoms with Gasteiger partial charge in [-0.2, -0.15) is 26.3 Å². The number of ether oxygens (including phenoxy) is 2. The molecule has 1 aliphatic rings. The Morgan fingerprint density at radius 1 is 0.868 bits per heavy atom. The van der Waals surface area contributed by atoms with E-state index >= 15 is 0 Å². The van der Waals surface area contributed by atoms with Crippen molar-refractivity contribution in [2.24, 2.45) is 7.05 Å². The Morgan fingerprint density at radius 3 is 2.19 bits per heavy atom. The first-order chi connectivity index (χ1) is 24.6. The number of carbonyl (C=O) groups excluding carboxylic acids is 2. The van der Waals surface area contributed by atoms with E-state index in [0.717, 1.165) is 28.6 Å². The van der Waals surface area contributed by atoms with E-state index in [-0.39, 0.29) is 46.2 Å². The number of fused-ring (bicyclic) bond motifs is 1. The number of benzene rings is 3. The number of hydrogen-bond donors (Lipinski definition) is 1. The maximum Gasteiger partial charge on any atom is 0.422 e. The third-order valence-corrected chi connectivity index (χ3v) is 8.70. The van der Waals surface area contributed by atoms with Gasteiger partial charge in [-0.15, -0.1) is 12.4 Å². The summed E-state index contributed by atoms with van der Waals surface area (Å²) < 4.78 is 88.5. The summed E-state index contributed by atoms with van der Waals surface area (Å²) >= 11 is 5.93. The number of piperazine rings is 1. The normalized spacial score (nSPS) is 13.8. The van der Waals surface area contributed by atoms with Gasteiger partial charge in [-0.1, -0.05) is 23.7 Å². The van der Waals surface area contributed by atoms with Crippen LogP contribution in [0.2, 0.25) is 5.02 Å². The molecule has 5 aromatic rings. The summed E-state index contributed by atoms with van der Waals surface area (Å²) in [5.74, 6) is -0.0290. The van der Waals surface area contributed by atoms with Crippen LogP contribution in [0.15, 0.2) is 85.1 Å². The van der Waals surface area contributed by atoms with Gasteiger partial charge in [0.25, 0.3) is 11.8 Å². The van der Waals surface area contributed by atoms with E-state index in [4.69, 9.17) is 21.1 Å². The first-order valence-electron chi connectivity index (χ1n) is 15.8. The summed E-state index contributed by atoms with van der Waals surface area (Å²) in [6, 6.07) is 19.1. The zero-order chi connectivity index (χ0) is 37.2. The molecule has 0 radical (unpaired) electrons. The summed E-state index contributed by atoms with van der Waals surface area (Å²) in [5, 5.41) is 3.03. The number of alkyl halides is 6. The fraction of sp³-hybridized carbons (Fsp3) is 0.250. The number of hydrogen-bond acceptors (Lipinski definition) is 6. The highest BCUT2D eigenvalue weighted by Crippen LogP contribution is 2.33. The van der Waals surface area contributed by atoms with Gasteiger partial charge < -0.3 is 24.3 Å². The molecule has 1 aliphatic heterocycles. The van der Waals surface area contributed by atoms with E-state index < -0.39 is 30.4 Å². The number of nitrogens with one attached hydrogen (secondary N) is 1. The van der Waals surface area contributed by atoms with Crippen LogP contribution in [-0.4, -0.2) is 70.1 Å². The minimum absolute atomic E-state index is 0. The minimum atomic E-state index is -4.59. The molecule has 0 aliphatic carbocycles. The molecule has 280 valence electrons. The van der Waals surface area contributed by atoms with Crippen molar-refractivity contribution in [3.05, 3.63) is 112 Å². The first-order valence-corrected chi connectivity index (χ1v) is 16.2. The van der Waals surface area contributed by atoms with Gasteiger partial charge in [0.15, 0.2) is 6.61 Å². The van der Waals surface area contributed by atoms with E-state index in [1.54, 1.807) is 40.8 Å². The Hall–Kier alpha value is -4.99. The lowest BCUT2D eigenvalue weighted by Gasteiger charge is -2.34. The van der Waals surface area contributed by atoms with Gasteiger partial charge in [0.2, 0.25) is 5.88 Å². The largest absolute Gasteiger partial charge is 0.484 e. The van der Waals surface area contributed by atoms with Gasteiger partial charge in [-0.25, -0.2) is 4.98 Å². The van der Waals surface area contributed by atoms with Crippen LogP contribution in [0.5, 0.6) is 17.4 Å². The van der Waals surface area contributed by atoms with E-state index in [1.807, 2.05) is 12.1 Å². The van der Waals surface area contributed by atoms with E-state index in [1.165, 1.54) is 30.5 Å².